The molecule has 0 fully saturated rings. The number of carbonyl (C=O) groups is 2. The fourth-order valence-electron chi connectivity index (χ4n) is 3.35. The summed E-state index contributed by atoms with van der Waals surface area (Å²) in [5.41, 5.74) is 3.43. The molecular weight excluding hydrogens is 460 g/mol. The number of hydrazone groups is 1. The number of ether oxygens (including phenoxy) is 4. The Bertz CT molecular complexity index is 1400. The average molecular weight is 485 g/mol. The van der Waals surface area contributed by atoms with Crippen LogP contribution in [0.15, 0.2) is 90.0 Å². The maximum Gasteiger partial charge on any atom is 0.343 e. The number of rotatable bonds is 9. The number of methoxy groups -OCH3 is 2. The maximum absolute atomic E-state index is 12.4. The Labute approximate surface area is 208 Å². The van der Waals surface area contributed by atoms with Crippen LogP contribution in [0.4, 0.5) is 0 Å². The lowest BCUT2D eigenvalue weighted by Gasteiger charge is -2.10. The minimum Gasteiger partial charge on any atom is -0.497 e. The van der Waals surface area contributed by atoms with Gasteiger partial charge in [0.2, 0.25) is 0 Å². The van der Waals surface area contributed by atoms with Crippen LogP contribution in [0.2, 0.25) is 0 Å². The molecule has 0 aliphatic heterocycles. The van der Waals surface area contributed by atoms with E-state index in [1.165, 1.54) is 13.3 Å². The van der Waals surface area contributed by atoms with Gasteiger partial charge < -0.3 is 18.9 Å². The molecule has 4 rings (SSSR count). The van der Waals surface area contributed by atoms with E-state index in [1.54, 1.807) is 49.6 Å². The molecule has 0 spiro atoms. The summed E-state index contributed by atoms with van der Waals surface area (Å²) in [5, 5.41) is 6.08. The zero-order valence-corrected chi connectivity index (χ0v) is 19.8. The Morgan fingerprint density at radius 3 is 2.31 bits per heavy atom. The van der Waals surface area contributed by atoms with Gasteiger partial charge in [-0.25, -0.2) is 10.2 Å². The number of nitrogens with one attached hydrogen (secondary N) is 1. The lowest BCUT2D eigenvalue weighted by Crippen LogP contribution is -2.24. The van der Waals surface area contributed by atoms with E-state index in [1.807, 2.05) is 42.5 Å². The third-order valence-corrected chi connectivity index (χ3v) is 5.21. The summed E-state index contributed by atoms with van der Waals surface area (Å²) >= 11 is 0. The highest BCUT2D eigenvalue weighted by molar-refractivity contribution is 5.92. The normalized spacial score (nSPS) is 10.7. The van der Waals surface area contributed by atoms with E-state index in [4.69, 9.17) is 18.9 Å². The van der Waals surface area contributed by atoms with Crippen molar-refractivity contribution in [1.29, 1.82) is 0 Å². The number of hydrogen-bond acceptors (Lipinski definition) is 7. The third-order valence-electron chi connectivity index (χ3n) is 5.21. The second kappa shape index (κ2) is 11.5. The van der Waals surface area contributed by atoms with Gasteiger partial charge in [0.25, 0.3) is 5.91 Å². The third kappa shape index (κ3) is 6.18. The largest absolute Gasteiger partial charge is 0.497 e. The number of esters is 1. The van der Waals surface area contributed by atoms with Crippen LogP contribution in [0, 0.1) is 0 Å². The van der Waals surface area contributed by atoms with Crippen molar-refractivity contribution in [2.75, 3.05) is 20.8 Å². The van der Waals surface area contributed by atoms with E-state index < -0.39 is 11.9 Å². The van der Waals surface area contributed by atoms with Crippen molar-refractivity contribution in [1.82, 2.24) is 5.43 Å². The average Bonchev–Trinajstić information content (AvgIpc) is 2.92. The van der Waals surface area contributed by atoms with Gasteiger partial charge in [0, 0.05) is 0 Å². The molecule has 182 valence electrons. The van der Waals surface area contributed by atoms with Crippen LogP contribution in [0.1, 0.15) is 15.9 Å². The molecule has 0 saturated heterocycles. The van der Waals surface area contributed by atoms with Gasteiger partial charge >= 0.3 is 5.97 Å². The van der Waals surface area contributed by atoms with Gasteiger partial charge in [-0.05, 0) is 70.9 Å². The summed E-state index contributed by atoms with van der Waals surface area (Å²) < 4.78 is 21.4. The zero-order valence-electron chi connectivity index (χ0n) is 19.8. The smallest absolute Gasteiger partial charge is 0.343 e. The first-order valence-electron chi connectivity index (χ1n) is 11.0. The van der Waals surface area contributed by atoms with Crippen LogP contribution in [0.5, 0.6) is 23.0 Å². The number of amides is 1. The first kappa shape index (κ1) is 24.3. The SMILES string of the molecule is COc1ccc(C(=O)Oc2ccc(/C=N/NC(=O)COc3ccc4ccccc4c3)cc2OC)cc1. The van der Waals surface area contributed by atoms with Crippen LogP contribution in [0.3, 0.4) is 0 Å². The Morgan fingerprint density at radius 1 is 0.806 bits per heavy atom. The molecule has 8 heteroatoms. The maximum atomic E-state index is 12.4. The summed E-state index contributed by atoms with van der Waals surface area (Å²) in [6, 6.07) is 25.0. The number of carbonyl (C=O) groups excluding carboxylic acids is 2. The number of fused-ring (bicyclic) bond motifs is 1. The van der Waals surface area contributed by atoms with Gasteiger partial charge in [-0.2, -0.15) is 5.10 Å². The molecular formula is C28H24N2O6. The van der Waals surface area contributed by atoms with Crippen LogP contribution in [0.25, 0.3) is 10.8 Å². The molecule has 0 aliphatic rings. The van der Waals surface area contributed by atoms with Crippen LogP contribution >= 0.6 is 0 Å². The molecule has 0 atom stereocenters. The van der Waals surface area contributed by atoms with E-state index in [0.717, 1.165) is 10.8 Å². The minimum absolute atomic E-state index is 0.181. The van der Waals surface area contributed by atoms with Gasteiger partial charge in [0.05, 0.1) is 26.0 Å². The molecule has 1 N–H and O–H groups in total. The molecule has 0 aromatic heterocycles. The molecule has 0 unspecified atom stereocenters. The highest BCUT2D eigenvalue weighted by atomic mass is 16.6. The summed E-state index contributed by atoms with van der Waals surface area (Å²) in [5.74, 6) is 0.889. The van der Waals surface area contributed by atoms with Crippen molar-refractivity contribution in [3.63, 3.8) is 0 Å². The van der Waals surface area contributed by atoms with Gasteiger partial charge in [-0.15, -0.1) is 0 Å². The standard InChI is InChI=1S/C28H24N2O6/c1-33-23-11-9-21(10-12-23)28(32)36-25-14-7-19(15-26(25)34-2)17-29-30-27(31)18-35-24-13-8-20-5-3-4-6-22(20)16-24/h3-17H,18H2,1-2H3,(H,30,31)/b29-17+. The van der Waals surface area contributed by atoms with E-state index in [0.29, 0.717) is 28.4 Å². The van der Waals surface area contributed by atoms with Gasteiger partial charge in [-0.3, -0.25) is 4.79 Å². The van der Waals surface area contributed by atoms with Crippen LogP contribution in [-0.2, 0) is 4.79 Å². The first-order chi connectivity index (χ1) is 17.6. The van der Waals surface area contributed by atoms with Crippen LogP contribution < -0.4 is 24.4 Å². The summed E-state index contributed by atoms with van der Waals surface area (Å²) in [6.45, 7) is -0.181. The molecule has 0 saturated carbocycles. The second-order valence-corrected chi connectivity index (χ2v) is 7.62. The van der Waals surface area contributed by atoms with Crippen LogP contribution in [-0.4, -0.2) is 38.9 Å². The lowest BCUT2D eigenvalue weighted by atomic mass is 10.1. The highest BCUT2D eigenvalue weighted by Crippen LogP contribution is 2.28. The molecule has 0 heterocycles. The van der Waals surface area contributed by atoms with E-state index >= 15 is 0 Å². The predicted octanol–water partition coefficient (Wildman–Crippen LogP) is 4.61. The molecule has 0 aliphatic carbocycles. The Kier molecular flexibility index (Phi) is 7.77. The Balaban J connectivity index is 1.31. The van der Waals surface area contributed by atoms with E-state index in [9.17, 15) is 9.59 Å². The summed E-state index contributed by atoms with van der Waals surface area (Å²) in [7, 11) is 3.02. The summed E-state index contributed by atoms with van der Waals surface area (Å²) in [6.07, 6.45) is 1.45. The topological polar surface area (TPSA) is 95.5 Å². The fraction of sp³-hybridized carbons (Fsp3) is 0.107. The Morgan fingerprint density at radius 2 is 1.56 bits per heavy atom. The fourth-order valence-corrected chi connectivity index (χ4v) is 3.35. The monoisotopic (exact) mass is 484 g/mol. The molecule has 0 bridgehead atoms. The van der Waals surface area contributed by atoms with Crippen molar-refractivity contribution in [3.05, 3.63) is 96.1 Å². The van der Waals surface area contributed by atoms with Crippen molar-refractivity contribution in [2.45, 2.75) is 0 Å². The zero-order chi connectivity index (χ0) is 25.3. The van der Waals surface area contributed by atoms with E-state index in [2.05, 4.69) is 10.5 Å². The first-order valence-corrected chi connectivity index (χ1v) is 11.0. The van der Waals surface area contributed by atoms with Gasteiger partial charge in [-0.1, -0.05) is 30.3 Å². The van der Waals surface area contributed by atoms with Gasteiger partial charge in [0.15, 0.2) is 18.1 Å². The van der Waals surface area contributed by atoms with Crippen molar-refractivity contribution >= 4 is 28.9 Å². The molecule has 4 aromatic rings. The second-order valence-electron chi connectivity index (χ2n) is 7.62. The molecule has 36 heavy (non-hydrogen) atoms. The Hall–Kier alpha value is -4.85. The molecule has 4 aromatic carbocycles. The predicted molar refractivity (Wildman–Crippen MR) is 136 cm³/mol. The summed E-state index contributed by atoms with van der Waals surface area (Å²) in [4.78, 5) is 24.5. The minimum atomic E-state index is -0.531. The molecule has 8 nitrogen and oxygen atoms in total. The quantitative estimate of drug-likeness (QED) is 0.161. The van der Waals surface area contributed by atoms with E-state index in [-0.39, 0.29) is 12.4 Å². The van der Waals surface area contributed by atoms with Crippen molar-refractivity contribution < 1.29 is 28.5 Å². The molecule has 1 amide bonds. The highest BCUT2D eigenvalue weighted by Gasteiger charge is 2.13. The number of benzene rings is 4. The van der Waals surface area contributed by atoms with Gasteiger partial charge in [0.1, 0.15) is 11.5 Å². The van der Waals surface area contributed by atoms with Crippen molar-refractivity contribution in [2.24, 2.45) is 5.10 Å². The number of hydrogen-bond donors (Lipinski definition) is 1. The molecule has 0 radical (unpaired) electrons. The number of nitrogens with zero attached hydrogens (tertiary/aromatic N) is 1. The van der Waals surface area contributed by atoms with Crippen molar-refractivity contribution in [3.8, 4) is 23.0 Å². The lowest BCUT2D eigenvalue weighted by molar-refractivity contribution is -0.123.